The maximum atomic E-state index is 4.24. The first-order valence-corrected chi connectivity index (χ1v) is 4.73. The lowest BCUT2D eigenvalue weighted by molar-refractivity contribution is 0.958. The van der Waals surface area contributed by atoms with Gasteiger partial charge in [-0.3, -0.25) is 0 Å². The highest BCUT2D eigenvalue weighted by molar-refractivity contribution is 9.10. The Morgan fingerprint density at radius 2 is 2.42 bits per heavy atom. The van der Waals surface area contributed by atoms with Crippen LogP contribution in [-0.2, 0) is 6.42 Å². The van der Waals surface area contributed by atoms with Crippen LogP contribution in [0.2, 0.25) is 0 Å². The van der Waals surface area contributed by atoms with Crippen LogP contribution in [0, 0.1) is 0 Å². The van der Waals surface area contributed by atoms with Crippen LogP contribution in [0.25, 0.3) is 5.52 Å². The third-order valence-electron chi connectivity index (χ3n) is 1.95. The minimum atomic E-state index is 1.02. The summed E-state index contributed by atoms with van der Waals surface area (Å²) in [5, 5.41) is 4.24. The summed E-state index contributed by atoms with van der Waals surface area (Å²) in [6, 6.07) is 4.01. The van der Waals surface area contributed by atoms with E-state index in [9.17, 15) is 0 Å². The summed E-state index contributed by atoms with van der Waals surface area (Å²) in [5.74, 6) is 0. The van der Waals surface area contributed by atoms with Crippen molar-refractivity contribution >= 4 is 21.4 Å². The van der Waals surface area contributed by atoms with E-state index >= 15 is 0 Å². The van der Waals surface area contributed by atoms with Gasteiger partial charge in [0.2, 0.25) is 0 Å². The van der Waals surface area contributed by atoms with Gasteiger partial charge >= 0.3 is 0 Å². The quantitative estimate of drug-likeness (QED) is 0.729. The lowest BCUT2D eigenvalue weighted by Gasteiger charge is -1.97. The zero-order chi connectivity index (χ0) is 8.55. The summed E-state index contributed by atoms with van der Waals surface area (Å²) < 4.78 is 3.00. The first-order chi connectivity index (χ1) is 5.83. The number of pyridine rings is 1. The second-order valence-electron chi connectivity index (χ2n) is 2.67. The molecule has 12 heavy (non-hydrogen) atoms. The van der Waals surface area contributed by atoms with E-state index in [4.69, 9.17) is 0 Å². The van der Waals surface area contributed by atoms with Crippen LogP contribution < -0.4 is 0 Å². The Kier molecular flexibility index (Phi) is 1.89. The van der Waals surface area contributed by atoms with E-state index in [-0.39, 0.29) is 0 Å². The molecule has 0 bridgehead atoms. The molecule has 0 aromatic carbocycles. The maximum Gasteiger partial charge on any atom is 0.0835 e. The van der Waals surface area contributed by atoms with Gasteiger partial charge in [-0.2, -0.15) is 5.10 Å². The van der Waals surface area contributed by atoms with Crippen molar-refractivity contribution in [2.45, 2.75) is 13.3 Å². The van der Waals surface area contributed by atoms with Crippen molar-refractivity contribution in [3.63, 3.8) is 0 Å². The molecule has 2 aromatic heterocycles. The number of aromatic nitrogens is 2. The van der Waals surface area contributed by atoms with E-state index in [1.807, 2.05) is 29.0 Å². The summed E-state index contributed by atoms with van der Waals surface area (Å²) in [6.45, 7) is 2.14. The Morgan fingerprint density at radius 3 is 3.17 bits per heavy atom. The van der Waals surface area contributed by atoms with Crippen molar-refractivity contribution < 1.29 is 0 Å². The molecule has 0 unspecified atom stereocenters. The lowest BCUT2D eigenvalue weighted by Crippen LogP contribution is -1.86. The van der Waals surface area contributed by atoms with Crippen molar-refractivity contribution in [3.05, 3.63) is 34.6 Å². The number of rotatable bonds is 1. The Hall–Kier alpha value is -0.830. The molecule has 0 atom stereocenters. The number of nitrogens with zero attached hydrogens (tertiary/aromatic N) is 2. The molecule has 0 fully saturated rings. The van der Waals surface area contributed by atoms with Crippen molar-refractivity contribution in [2.24, 2.45) is 0 Å². The van der Waals surface area contributed by atoms with Crippen LogP contribution in [0.4, 0.5) is 0 Å². The van der Waals surface area contributed by atoms with Crippen LogP contribution in [0.5, 0.6) is 0 Å². The molecule has 0 aliphatic rings. The fraction of sp³-hybridized carbons (Fsp3) is 0.222. The van der Waals surface area contributed by atoms with Crippen molar-refractivity contribution in [3.8, 4) is 0 Å². The molecule has 0 aliphatic heterocycles. The fourth-order valence-corrected chi connectivity index (χ4v) is 1.91. The molecule has 0 spiro atoms. The summed E-state index contributed by atoms with van der Waals surface area (Å²) in [5.41, 5.74) is 2.46. The molecule has 0 amide bonds. The number of hydrogen-bond acceptors (Lipinski definition) is 1. The maximum absolute atomic E-state index is 4.24. The molecular weight excluding hydrogens is 216 g/mol. The number of hydrogen-bond donors (Lipinski definition) is 0. The van der Waals surface area contributed by atoms with E-state index in [0.29, 0.717) is 0 Å². The normalized spacial score (nSPS) is 10.8. The summed E-state index contributed by atoms with van der Waals surface area (Å²) >= 11 is 3.51. The molecule has 0 saturated heterocycles. The second-order valence-corrected chi connectivity index (χ2v) is 3.53. The molecule has 0 aliphatic carbocycles. The third kappa shape index (κ3) is 1.05. The standard InChI is InChI=1S/C9H9BrN2/c1-2-7-6-11-12-5-3-4-8(10)9(7)12/h3-6H,2H2,1H3. The predicted octanol–water partition coefficient (Wildman–Crippen LogP) is 2.66. The Labute approximate surface area is 79.3 Å². The highest BCUT2D eigenvalue weighted by Crippen LogP contribution is 2.21. The Balaban J connectivity index is 2.83. The topological polar surface area (TPSA) is 17.3 Å². The van der Waals surface area contributed by atoms with Crippen molar-refractivity contribution in [1.29, 1.82) is 0 Å². The first-order valence-electron chi connectivity index (χ1n) is 3.93. The van der Waals surface area contributed by atoms with Crippen LogP contribution in [0.1, 0.15) is 12.5 Å². The van der Waals surface area contributed by atoms with Gasteiger partial charge in [-0.15, -0.1) is 0 Å². The van der Waals surface area contributed by atoms with E-state index in [1.54, 1.807) is 0 Å². The zero-order valence-corrected chi connectivity index (χ0v) is 8.37. The zero-order valence-electron chi connectivity index (χ0n) is 6.79. The molecule has 2 nitrogen and oxygen atoms in total. The number of halogens is 1. The van der Waals surface area contributed by atoms with Gasteiger partial charge in [-0.25, -0.2) is 4.52 Å². The van der Waals surface area contributed by atoms with E-state index in [0.717, 1.165) is 10.9 Å². The molecule has 2 rings (SSSR count). The van der Waals surface area contributed by atoms with Crippen LogP contribution in [0.3, 0.4) is 0 Å². The average molecular weight is 225 g/mol. The van der Waals surface area contributed by atoms with E-state index < -0.39 is 0 Å². The van der Waals surface area contributed by atoms with Crippen molar-refractivity contribution in [2.75, 3.05) is 0 Å². The lowest BCUT2D eigenvalue weighted by atomic mass is 10.2. The number of fused-ring (bicyclic) bond motifs is 1. The van der Waals surface area contributed by atoms with Crippen LogP contribution in [0.15, 0.2) is 29.0 Å². The average Bonchev–Trinajstić information content (AvgIpc) is 2.49. The van der Waals surface area contributed by atoms with Gasteiger partial charge in [0, 0.05) is 10.7 Å². The summed E-state index contributed by atoms with van der Waals surface area (Å²) in [6.07, 6.45) is 4.89. The number of aryl methyl sites for hydroxylation is 1. The fourth-order valence-electron chi connectivity index (χ4n) is 1.32. The van der Waals surface area contributed by atoms with Gasteiger partial charge in [0.25, 0.3) is 0 Å². The first kappa shape index (κ1) is 7.80. The highest BCUT2D eigenvalue weighted by atomic mass is 79.9. The molecule has 2 heterocycles. The molecule has 62 valence electrons. The smallest absolute Gasteiger partial charge is 0.0835 e. The minimum absolute atomic E-state index is 1.02. The Morgan fingerprint density at radius 1 is 1.58 bits per heavy atom. The van der Waals surface area contributed by atoms with Gasteiger partial charge in [0.1, 0.15) is 0 Å². The third-order valence-corrected chi connectivity index (χ3v) is 2.59. The molecule has 0 N–H and O–H groups in total. The predicted molar refractivity (Wildman–Crippen MR) is 52.3 cm³/mol. The van der Waals surface area contributed by atoms with Crippen LogP contribution >= 0.6 is 15.9 Å². The van der Waals surface area contributed by atoms with Gasteiger partial charge in [-0.1, -0.05) is 6.92 Å². The van der Waals surface area contributed by atoms with Gasteiger partial charge in [0.15, 0.2) is 0 Å². The van der Waals surface area contributed by atoms with Gasteiger partial charge in [0.05, 0.1) is 11.7 Å². The SMILES string of the molecule is CCc1cnn2cccc(Br)c12. The van der Waals surface area contributed by atoms with Gasteiger partial charge in [-0.05, 0) is 40.0 Å². The van der Waals surface area contributed by atoms with Gasteiger partial charge < -0.3 is 0 Å². The molecule has 0 saturated carbocycles. The summed E-state index contributed by atoms with van der Waals surface area (Å²) in [7, 11) is 0. The Bertz CT molecular complexity index is 406. The largest absolute Gasteiger partial charge is 0.240 e. The van der Waals surface area contributed by atoms with E-state index in [2.05, 4.69) is 28.0 Å². The van der Waals surface area contributed by atoms with Crippen LogP contribution in [-0.4, -0.2) is 9.61 Å². The monoisotopic (exact) mass is 224 g/mol. The summed E-state index contributed by atoms with van der Waals surface area (Å²) in [4.78, 5) is 0. The molecule has 3 heteroatoms. The second kappa shape index (κ2) is 2.90. The highest BCUT2D eigenvalue weighted by Gasteiger charge is 2.03. The molecule has 0 radical (unpaired) electrons. The van der Waals surface area contributed by atoms with E-state index in [1.165, 1.54) is 11.1 Å². The molecule has 2 aromatic rings. The minimum Gasteiger partial charge on any atom is -0.240 e. The molecular formula is C9H9BrN2. The van der Waals surface area contributed by atoms with Crippen molar-refractivity contribution in [1.82, 2.24) is 9.61 Å².